The second-order valence-corrected chi connectivity index (χ2v) is 5.73. The molecule has 0 aliphatic heterocycles. The van der Waals surface area contributed by atoms with Gasteiger partial charge in [-0.25, -0.2) is 0 Å². The summed E-state index contributed by atoms with van der Waals surface area (Å²) in [6.07, 6.45) is 6.76. The second kappa shape index (κ2) is 7.87. The highest BCUT2D eigenvalue weighted by Crippen LogP contribution is 2.32. The minimum atomic E-state index is -0.0512. The lowest BCUT2D eigenvalue weighted by Crippen LogP contribution is -2.32. The molecule has 0 bridgehead atoms. The van der Waals surface area contributed by atoms with Crippen LogP contribution in [0.2, 0.25) is 0 Å². The van der Waals surface area contributed by atoms with Crippen LogP contribution >= 0.6 is 0 Å². The minimum Gasteiger partial charge on any atom is -0.493 e. The van der Waals surface area contributed by atoms with E-state index in [2.05, 4.69) is 19.2 Å². The zero-order valence-corrected chi connectivity index (χ0v) is 13.6. The Morgan fingerprint density at radius 3 is 2.82 bits per heavy atom. The number of nitrogens with one attached hydrogen (secondary N) is 1. The van der Waals surface area contributed by atoms with Crippen LogP contribution in [0.5, 0.6) is 11.5 Å². The molecule has 4 nitrogen and oxygen atoms in total. The molecule has 4 heteroatoms. The Labute approximate surface area is 132 Å². The smallest absolute Gasteiger partial charge is 0.244 e. The largest absolute Gasteiger partial charge is 0.493 e. The summed E-state index contributed by atoms with van der Waals surface area (Å²) in [5, 5.41) is 3.00. The zero-order chi connectivity index (χ0) is 15.9. The lowest BCUT2D eigenvalue weighted by molar-refractivity contribution is -0.117. The molecule has 0 spiro atoms. The van der Waals surface area contributed by atoms with E-state index in [0.717, 1.165) is 17.7 Å². The number of hydrogen-bond donors (Lipinski definition) is 1. The molecule has 0 saturated heterocycles. The average molecular weight is 303 g/mol. The van der Waals surface area contributed by atoms with Crippen molar-refractivity contribution < 1.29 is 14.3 Å². The average Bonchev–Trinajstić information content (AvgIpc) is 3.36. The highest BCUT2D eigenvalue weighted by Gasteiger charge is 2.28. The number of benzene rings is 1. The lowest BCUT2D eigenvalue weighted by Gasteiger charge is -2.11. The first-order chi connectivity index (χ1) is 10.6. The Bertz CT molecular complexity index is 535. The molecule has 22 heavy (non-hydrogen) atoms. The van der Waals surface area contributed by atoms with Crippen molar-refractivity contribution in [3.63, 3.8) is 0 Å². The number of carbonyl (C=O) groups is 1. The van der Waals surface area contributed by atoms with Crippen molar-refractivity contribution in [3.8, 4) is 11.5 Å². The third kappa shape index (κ3) is 4.79. The van der Waals surface area contributed by atoms with Crippen molar-refractivity contribution in [2.75, 3.05) is 13.7 Å². The van der Waals surface area contributed by atoms with Gasteiger partial charge in [-0.15, -0.1) is 0 Å². The number of ether oxygens (including phenoxy) is 2. The predicted octanol–water partition coefficient (Wildman–Crippen LogP) is 3.41. The van der Waals surface area contributed by atoms with Crippen molar-refractivity contribution in [2.45, 2.75) is 39.2 Å². The molecule has 1 fully saturated rings. The molecule has 2 rings (SSSR count). The molecular formula is C18H25NO3. The Hall–Kier alpha value is -1.97. The molecule has 0 radical (unpaired) electrons. The monoisotopic (exact) mass is 303 g/mol. The summed E-state index contributed by atoms with van der Waals surface area (Å²) in [6.45, 7) is 4.78. The van der Waals surface area contributed by atoms with Crippen molar-refractivity contribution in [1.82, 2.24) is 5.32 Å². The Balaban J connectivity index is 1.96. The third-order valence-corrected chi connectivity index (χ3v) is 3.78. The summed E-state index contributed by atoms with van der Waals surface area (Å²) in [5.41, 5.74) is 0.912. The summed E-state index contributed by atoms with van der Waals surface area (Å²) >= 11 is 0. The fourth-order valence-electron chi connectivity index (χ4n) is 2.28. The van der Waals surface area contributed by atoms with Gasteiger partial charge in [0.25, 0.3) is 0 Å². The van der Waals surface area contributed by atoms with Crippen LogP contribution in [-0.2, 0) is 4.79 Å². The van der Waals surface area contributed by atoms with Crippen molar-refractivity contribution in [1.29, 1.82) is 0 Å². The summed E-state index contributed by atoms with van der Waals surface area (Å²) in [6, 6.07) is 5.93. The van der Waals surface area contributed by atoms with Gasteiger partial charge in [-0.1, -0.05) is 13.0 Å². The second-order valence-electron chi connectivity index (χ2n) is 5.73. The van der Waals surface area contributed by atoms with E-state index in [1.807, 2.05) is 18.2 Å². The van der Waals surface area contributed by atoms with Crippen LogP contribution in [0, 0.1) is 5.92 Å². The van der Waals surface area contributed by atoms with Gasteiger partial charge in [0.1, 0.15) is 0 Å². The van der Waals surface area contributed by atoms with E-state index in [1.54, 1.807) is 19.3 Å². The van der Waals surface area contributed by atoms with Crippen LogP contribution in [0.15, 0.2) is 24.3 Å². The van der Waals surface area contributed by atoms with Crippen LogP contribution < -0.4 is 14.8 Å². The van der Waals surface area contributed by atoms with Gasteiger partial charge in [0.2, 0.25) is 5.91 Å². The molecule has 1 saturated carbocycles. The van der Waals surface area contributed by atoms with E-state index in [-0.39, 0.29) is 11.9 Å². The normalized spacial score (nSPS) is 15.6. The first-order valence-electron chi connectivity index (χ1n) is 7.93. The first-order valence-corrected chi connectivity index (χ1v) is 7.93. The summed E-state index contributed by atoms with van der Waals surface area (Å²) in [4.78, 5) is 11.9. The molecule has 1 aromatic rings. The molecule has 1 atom stereocenters. The van der Waals surface area contributed by atoms with Crippen molar-refractivity contribution in [3.05, 3.63) is 29.8 Å². The number of carbonyl (C=O) groups excluding carboxylic acids is 1. The van der Waals surface area contributed by atoms with Crippen molar-refractivity contribution >= 4 is 12.0 Å². The van der Waals surface area contributed by atoms with Crippen LogP contribution in [0.25, 0.3) is 6.08 Å². The number of amides is 1. The van der Waals surface area contributed by atoms with E-state index in [4.69, 9.17) is 9.47 Å². The summed E-state index contributed by atoms with van der Waals surface area (Å²) in [7, 11) is 1.62. The Morgan fingerprint density at radius 1 is 1.41 bits per heavy atom. The lowest BCUT2D eigenvalue weighted by atomic mass is 10.1. The molecule has 120 valence electrons. The number of rotatable bonds is 8. The van der Waals surface area contributed by atoms with E-state index in [1.165, 1.54) is 12.8 Å². The maximum atomic E-state index is 11.9. The van der Waals surface area contributed by atoms with Gasteiger partial charge in [-0.3, -0.25) is 4.79 Å². The highest BCUT2D eigenvalue weighted by atomic mass is 16.5. The fraction of sp³-hybridized carbons (Fsp3) is 0.500. The molecule has 1 aromatic carbocycles. The van der Waals surface area contributed by atoms with Gasteiger partial charge >= 0.3 is 0 Å². The zero-order valence-electron chi connectivity index (χ0n) is 13.6. The summed E-state index contributed by atoms with van der Waals surface area (Å²) < 4.78 is 11.0. The third-order valence-electron chi connectivity index (χ3n) is 3.78. The quantitative estimate of drug-likeness (QED) is 0.749. The van der Waals surface area contributed by atoms with E-state index in [9.17, 15) is 4.79 Å². The van der Waals surface area contributed by atoms with Gasteiger partial charge in [-0.2, -0.15) is 0 Å². The minimum absolute atomic E-state index is 0.0512. The van der Waals surface area contributed by atoms with Crippen molar-refractivity contribution in [2.24, 2.45) is 5.92 Å². The predicted molar refractivity (Wildman–Crippen MR) is 88.1 cm³/mol. The van der Waals surface area contributed by atoms with Gasteiger partial charge in [0, 0.05) is 12.1 Å². The maximum absolute atomic E-state index is 11.9. The molecule has 1 amide bonds. The van der Waals surface area contributed by atoms with E-state index >= 15 is 0 Å². The molecule has 1 aliphatic rings. The van der Waals surface area contributed by atoms with E-state index < -0.39 is 0 Å². The molecule has 0 heterocycles. The van der Waals surface area contributed by atoms with Gasteiger partial charge in [0.15, 0.2) is 11.5 Å². The Morgan fingerprint density at radius 2 is 2.18 bits per heavy atom. The first kappa shape index (κ1) is 16.4. The molecule has 1 aliphatic carbocycles. The Kier molecular flexibility index (Phi) is 5.87. The SMILES string of the molecule is CCCOc1ccc(/C=C/C(=O)NC(C)C2CC2)cc1OC. The van der Waals surface area contributed by atoms with Gasteiger partial charge in [-0.05, 0) is 55.9 Å². The van der Waals surface area contributed by atoms with Crippen LogP contribution in [0.3, 0.4) is 0 Å². The van der Waals surface area contributed by atoms with E-state index in [0.29, 0.717) is 18.3 Å². The topological polar surface area (TPSA) is 47.6 Å². The summed E-state index contributed by atoms with van der Waals surface area (Å²) in [5.74, 6) is 2.02. The number of hydrogen-bond acceptors (Lipinski definition) is 3. The maximum Gasteiger partial charge on any atom is 0.244 e. The standard InChI is InChI=1S/C18H25NO3/c1-4-11-22-16-9-5-14(12-17(16)21-3)6-10-18(20)19-13(2)15-7-8-15/h5-6,9-10,12-13,15H,4,7-8,11H2,1-3H3,(H,19,20)/b10-6+. The fourth-order valence-corrected chi connectivity index (χ4v) is 2.28. The molecule has 0 aromatic heterocycles. The molecule has 1 N–H and O–H groups in total. The molecular weight excluding hydrogens is 278 g/mol. The van der Waals surface area contributed by atoms with Crippen LogP contribution in [0.1, 0.15) is 38.7 Å². The van der Waals surface area contributed by atoms with Crippen LogP contribution in [-0.4, -0.2) is 25.7 Å². The molecule has 1 unspecified atom stereocenters. The van der Waals surface area contributed by atoms with Gasteiger partial charge < -0.3 is 14.8 Å². The van der Waals surface area contributed by atoms with Crippen LogP contribution in [0.4, 0.5) is 0 Å². The van der Waals surface area contributed by atoms with Gasteiger partial charge in [0.05, 0.1) is 13.7 Å². The highest BCUT2D eigenvalue weighted by molar-refractivity contribution is 5.92. The number of methoxy groups -OCH3 is 1.